The predicted octanol–water partition coefficient (Wildman–Crippen LogP) is 2.57. The number of likely N-dealkylation sites (tertiary alicyclic amines) is 1. The van der Waals surface area contributed by atoms with Gasteiger partial charge in [-0.3, -0.25) is 9.59 Å². The number of morpholine rings is 1. The zero-order chi connectivity index (χ0) is 23.9. The van der Waals surface area contributed by atoms with Crippen molar-refractivity contribution in [2.45, 2.75) is 18.3 Å². The first-order valence-corrected chi connectivity index (χ1v) is 12.4. The first-order valence-electron chi connectivity index (χ1n) is 11.1. The Morgan fingerprint density at radius 3 is 2.74 bits per heavy atom. The lowest BCUT2D eigenvalue weighted by Crippen LogP contribution is -2.41. The molecule has 3 aliphatic heterocycles. The Morgan fingerprint density at radius 2 is 1.97 bits per heavy atom. The molecule has 0 N–H and O–H groups in total. The van der Waals surface area contributed by atoms with Crippen LogP contribution in [0.25, 0.3) is 0 Å². The smallest absolute Gasteiger partial charge is 0.409 e. The molecule has 1 atom stereocenters. The lowest BCUT2D eigenvalue weighted by atomic mass is 9.81. The molecule has 180 valence electrons. The Hall–Kier alpha value is -2.69. The molecule has 0 saturated carbocycles. The van der Waals surface area contributed by atoms with Crippen LogP contribution in [0.4, 0.5) is 10.5 Å². The minimum Gasteiger partial charge on any atom is -0.453 e. The molecule has 11 heteroatoms. The molecule has 34 heavy (non-hydrogen) atoms. The predicted molar refractivity (Wildman–Crippen MR) is 127 cm³/mol. The van der Waals surface area contributed by atoms with E-state index in [0.29, 0.717) is 68.1 Å². The second-order valence-electron chi connectivity index (χ2n) is 8.77. The molecule has 1 spiro atoms. The summed E-state index contributed by atoms with van der Waals surface area (Å²) in [5.41, 5.74) is 1.76. The van der Waals surface area contributed by atoms with Crippen molar-refractivity contribution in [2.75, 3.05) is 57.9 Å². The molecule has 0 aliphatic carbocycles. The number of aromatic nitrogens is 1. The van der Waals surface area contributed by atoms with Crippen LogP contribution in [0.15, 0.2) is 23.6 Å². The molecule has 3 amide bonds. The van der Waals surface area contributed by atoms with Gasteiger partial charge in [0.1, 0.15) is 10.7 Å². The van der Waals surface area contributed by atoms with Gasteiger partial charge in [0.25, 0.3) is 5.91 Å². The number of methoxy groups -OCH3 is 1. The number of benzene rings is 1. The van der Waals surface area contributed by atoms with Gasteiger partial charge in [-0.1, -0.05) is 11.6 Å². The van der Waals surface area contributed by atoms with Gasteiger partial charge < -0.3 is 24.2 Å². The van der Waals surface area contributed by atoms with E-state index >= 15 is 0 Å². The average Bonchev–Trinajstić information content (AvgIpc) is 3.57. The second kappa shape index (κ2) is 9.16. The summed E-state index contributed by atoms with van der Waals surface area (Å²) in [6.45, 7) is 3.61. The third-order valence-corrected chi connectivity index (χ3v) is 7.82. The van der Waals surface area contributed by atoms with Gasteiger partial charge in [0.05, 0.1) is 26.7 Å². The maximum Gasteiger partial charge on any atom is 0.409 e. The Morgan fingerprint density at radius 1 is 1.18 bits per heavy atom. The zero-order valence-electron chi connectivity index (χ0n) is 18.8. The molecule has 2 fully saturated rings. The van der Waals surface area contributed by atoms with Gasteiger partial charge in [0, 0.05) is 54.2 Å². The standard InChI is InChI=1S/C23H25ClN4O5S/c1-32-22(31)27-5-4-23(13-27)14-28(18-3-2-15(24)10-16(18)23)20(29)11-19-25-17(12-34-19)21(30)26-6-8-33-9-7-26/h2-3,10,12H,4-9,11,13-14H2,1H3. The minimum atomic E-state index is -0.385. The van der Waals surface area contributed by atoms with Crippen molar-refractivity contribution in [3.63, 3.8) is 0 Å². The minimum absolute atomic E-state index is 0.0971. The van der Waals surface area contributed by atoms with Crippen molar-refractivity contribution < 1.29 is 23.9 Å². The third-order valence-electron chi connectivity index (χ3n) is 6.74. The Kier molecular flexibility index (Phi) is 6.22. The maximum atomic E-state index is 13.4. The van der Waals surface area contributed by atoms with Crippen molar-refractivity contribution in [3.8, 4) is 0 Å². The lowest BCUT2D eigenvalue weighted by molar-refractivity contribution is -0.118. The maximum absolute atomic E-state index is 13.4. The SMILES string of the molecule is COC(=O)N1CCC2(C1)CN(C(=O)Cc1nc(C(=O)N3CCOCC3)cs1)c1ccc(Cl)cc12. The van der Waals surface area contributed by atoms with E-state index < -0.39 is 0 Å². The third kappa shape index (κ3) is 4.14. The van der Waals surface area contributed by atoms with Crippen LogP contribution in [0, 0.1) is 0 Å². The van der Waals surface area contributed by atoms with E-state index in [1.165, 1.54) is 18.4 Å². The average molecular weight is 505 g/mol. The van der Waals surface area contributed by atoms with Gasteiger partial charge in [0.2, 0.25) is 5.91 Å². The molecule has 5 rings (SSSR count). The van der Waals surface area contributed by atoms with Crippen LogP contribution in [-0.2, 0) is 26.1 Å². The molecule has 2 aromatic rings. The number of fused-ring (bicyclic) bond motifs is 2. The van der Waals surface area contributed by atoms with Crippen molar-refractivity contribution in [2.24, 2.45) is 0 Å². The van der Waals surface area contributed by atoms with Crippen molar-refractivity contribution in [3.05, 3.63) is 44.9 Å². The quantitative estimate of drug-likeness (QED) is 0.638. The van der Waals surface area contributed by atoms with E-state index in [9.17, 15) is 14.4 Å². The van der Waals surface area contributed by atoms with Crippen LogP contribution in [0.5, 0.6) is 0 Å². The first kappa shape index (κ1) is 23.1. The number of halogens is 1. The second-order valence-corrected chi connectivity index (χ2v) is 10.2. The number of rotatable bonds is 3. The van der Waals surface area contributed by atoms with E-state index in [1.807, 2.05) is 12.1 Å². The number of hydrogen-bond acceptors (Lipinski definition) is 7. The summed E-state index contributed by atoms with van der Waals surface area (Å²) in [5, 5.41) is 2.90. The number of thiazole rings is 1. The molecular formula is C23H25ClN4O5S. The van der Waals surface area contributed by atoms with Gasteiger partial charge in [-0.25, -0.2) is 9.78 Å². The Bertz CT molecular complexity index is 1130. The molecule has 1 unspecified atom stereocenters. The van der Waals surface area contributed by atoms with Crippen LogP contribution in [-0.4, -0.2) is 85.7 Å². The van der Waals surface area contributed by atoms with E-state index in [0.717, 1.165) is 11.3 Å². The highest BCUT2D eigenvalue weighted by Crippen LogP contribution is 2.47. The number of carbonyl (C=O) groups excluding carboxylic acids is 3. The molecule has 2 saturated heterocycles. The molecule has 0 radical (unpaired) electrons. The van der Waals surface area contributed by atoms with Gasteiger partial charge in [0.15, 0.2) is 0 Å². The fourth-order valence-corrected chi connectivity index (χ4v) is 5.94. The number of ether oxygens (including phenoxy) is 2. The number of nitrogens with zero attached hydrogens (tertiary/aromatic N) is 4. The fourth-order valence-electron chi connectivity index (χ4n) is 5.01. The van der Waals surface area contributed by atoms with E-state index in [4.69, 9.17) is 21.1 Å². The molecule has 4 heterocycles. The molecule has 1 aromatic carbocycles. The van der Waals surface area contributed by atoms with E-state index in [2.05, 4.69) is 4.98 Å². The summed E-state index contributed by atoms with van der Waals surface area (Å²) in [4.78, 5) is 47.8. The molecule has 9 nitrogen and oxygen atoms in total. The van der Waals surface area contributed by atoms with Gasteiger partial charge in [-0.15, -0.1) is 11.3 Å². The Balaban J connectivity index is 1.34. The Labute approximate surface area is 206 Å². The van der Waals surface area contributed by atoms with E-state index in [1.54, 1.807) is 26.1 Å². The lowest BCUT2D eigenvalue weighted by Gasteiger charge is -2.26. The van der Waals surface area contributed by atoms with Crippen molar-refractivity contribution in [1.29, 1.82) is 0 Å². The first-order chi connectivity index (χ1) is 16.4. The van der Waals surface area contributed by atoms with Crippen LogP contribution in [0.3, 0.4) is 0 Å². The highest BCUT2D eigenvalue weighted by atomic mass is 35.5. The normalized spacial score (nSPS) is 21.8. The van der Waals surface area contributed by atoms with Crippen molar-refractivity contribution >= 4 is 46.5 Å². The summed E-state index contributed by atoms with van der Waals surface area (Å²) in [7, 11) is 1.37. The van der Waals surface area contributed by atoms with E-state index in [-0.39, 0.29) is 29.7 Å². The van der Waals surface area contributed by atoms with Crippen LogP contribution in [0.1, 0.15) is 27.5 Å². The summed E-state index contributed by atoms with van der Waals surface area (Å²) >= 11 is 7.62. The van der Waals surface area contributed by atoms with Gasteiger partial charge in [-0.2, -0.15) is 0 Å². The highest BCUT2D eigenvalue weighted by Gasteiger charge is 2.50. The van der Waals surface area contributed by atoms with Crippen LogP contribution in [0.2, 0.25) is 5.02 Å². The molecular weight excluding hydrogens is 480 g/mol. The summed E-state index contributed by atoms with van der Waals surface area (Å²) in [5.74, 6) is -0.232. The summed E-state index contributed by atoms with van der Waals surface area (Å²) < 4.78 is 10.2. The van der Waals surface area contributed by atoms with Gasteiger partial charge >= 0.3 is 6.09 Å². The largest absolute Gasteiger partial charge is 0.453 e. The molecule has 3 aliphatic rings. The zero-order valence-corrected chi connectivity index (χ0v) is 20.4. The number of hydrogen-bond donors (Lipinski definition) is 0. The number of amides is 3. The van der Waals surface area contributed by atoms with Crippen molar-refractivity contribution in [1.82, 2.24) is 14.8 Å². The van der Waals surface area contributed by atoms with Crippen LogP contribution < -0.4 is 4.90 Å². The number of carbonyl (C=O) groups is 3. The number of anilines is 1. The fraction of sp³-hybridized carbons (Fsp3) is 0.478. The van der Waals surface area contributed by atoms with Crippen LogP contribution >= 0.6 is 22.9 Å². The molecule has 1 aromatic heterocycles. The summed E-state index contributed by atoms with van der Waals surface area (Å²) in [6, 6.07) is 5.53. The highest BCUT2D eigenvalue weighted by molar-refractivity contribution is 7.10. The monoisotopic (exact) mass is 504 g/mol. The molecule has 0 bridgehead atoms. The summed E-state index contributed by atoms with van der Waals surface area (Å²) in [6.07, 6.45) is 0.444. The topological polar surface area (TPSA) is 92.3 Å². The van der Waals surface area contributed by atoms with Gasteiger partial charge in [-0.05, 0) is 30.2 Å².